The maximum absolute atomic E-state index is 12.6. The minimum atomic E-state index is -0.567. The number of ether oxygens (including phenoxy) is 1. The van der Waals surface area contributed by atoms with Gasteiger partial charge >= 0.3 is 6.03 Å². The molecule has 1 aromatic carbocycles. The molecule has 0 saturated carbocycles. The summed E-state index contributed by atoms with van der Waals surface area (Å²) in [7, 11) is 0. The number of nitrogens with one attached hydrogen (secondary N) is 2. The molecule has 1 saturated heterocycles. The number of amides is 2. The van der Waals surface area contributed by atoms with Crippen LogP contribution in [-0.2, 0) is 0 Å². The Kier molecular flexibility index (Phi) is 6.14. The Morgan fingerprint density at radius 2 is 2.04 bits per heavy atom. The van der Waals surface area contributed by atoms with Crippen molar-refractivity contribution in [1.82, 2.24) is 20.5 Å². The average molecular weight is 358 g/mol. The highest BCUT2D eigenvalue weighted by Gasteiger charge is 2.22. The van der Waals surface area contributed by atoms with Crippen LogP contribution in [0.5, 0.6) is 5.75 Å². The van der Waals surface area contributed by atoms with E-state index in [9.17, 15) is 4.79 Å². The van der Waals surface area contributed by atoms with Gasteiger partial charge in [-0.15, -0.1) is 11.8 Å². The zero-order valence-corrected chi connectivity index (χ0v) is 15.0. The van der Waals surface area contributed by atoms with Gasteiger partial charge in [0.1, 0.15) is 5.75 Å². The van der Waals surface area contributed by atoms with E-state index in [1.807, 2.05) is 36.6 Å². The summed E-state index contributed by atoms with van der Waals surface area (Å²) >= 11 is 1.68. The molecule has 2 amide bonds. The predicted molar refractivity (Wildman–Crippen MR) is 98.8 cm³/mol. The van der Waals surface area contributed by atoms with Gasteiger partial charge in [0.25, 0.3) is 0 Å². The molecule has 0 bridgehead atoms. The molecule has 25 heavy (non-hydrogen) atoms. The van der Waals surface area contributed by atoms with Gasteiger partial charge < -0.3 is 15.0 Å². The molecule has 1 aromatic heterocycles. The first-order valence-electron chi connectivity index (χ1n) is 8.23. The number of carbonyl (C=O) groups excluding carboxylic acids is 1. The molecule has 1 aliphatic rings. The number of rotatable bonds is 5. The fourth-order valence-corrected chi connectivity index (χ4v) is 2.99. The number of aromatic nitrogens is 1. The third-order valence-electron chi connectivity index (χ3n) is 3.97. The van der Waals surface area contributed by atoms with E-state index in [1.165, 1.54) is 0 Å². The largest absolute Gasteiger partial charge is 0.465 e. The number of pyridine rings is 1. The first kappa shape index (κ1) is 17.6. The maximum Gasteiger partial charge on any atom is 0.320 e. The highest BCUT2D eigenvalue weighted by molar-refractivity contribution is 7.98. The van der Waals surface area contributed by atoms with E-state index in [0.29, 0.717) is 18.8 Å². The van der Waals surface area contributed by atoms with Crippen LogP contribution in [0.15, 0.2) is 53.7 Å². The topological polar surface area (TPSA) is 66.5 Å². The zero-order valence-electron chi connectivity index (χ0n) is 14.1. The quantitative estimate of drug-likeness (QED) is 0.635. The molecule has 132 valence electrons. The normalized spacial score (nSPS) is 15.5. The first-order chi connectivity index (χ1) is 12.3. The van der Waals surface area contributed by atoms with Crippen LogP contribution in [0, 0.1) is 0 Å². The van der Waals surface area contributed by atoms with Gasteiger partial charge in [-0.25, -0.2) is 4.79 Å². The fourth-order valence-electron chi connectivity index (χ4n) is 2.58. The van der Waals surface area contributed by atoms with E-state index < -0.39 is 6.23 Å². The van der Waals surface area contributed by atoms with Crippen LogP contribution in [0.2, 0.25) is 0 Å². The van der Waals surface area contributed by atoms with Crippen molar-refractivity contribution in [3.05, 3.63) is 54.4 Å². The van der Waals surface area contributed by atoms with Gasteiger partial charge in [-0.1, -0.05) is 12.1 Å². The van der Waals surface area contributed by atoms with E-state index in [-0.39, 0.29) is 6.03 Å². The molecular weight excluding hydrogens is 336 g/mol. The minimum absolute atomic E-state index is 0.121. The highest BCUT2D eigenvalue weighted by atomic mass is 32.2. The van der Waals surface area contributed by atoms with E-state index in [4.69, 9.17) is 4.74 Å². The minimum Gasteiger partial charge on any atom is -0.465 e. The van der Waals surface area contributed by atoms with Gasteiger partial charge in [-0.05, 0) is 30.5 Å². The molecule has 1 atom stereocenters. The van der Waals surface area contributed by atoms with Crippen molar-refractivity contribution < 1.29 is 9.53 Å². The van der Waals surface area contributed by atoms with Crippen molar-refractivity contribution in [2.75, 3.05) is 32.4 Å². The standard InChI is InChI=1S/C18H22N4O2S/c1-25-16-6-4-14(5-7-16)17(24-15-3-2-8-20-13-15)21-18(23)22-11-9-19-10-12-22/h2-8,13,17,19H,9-12H2,1H3,(H,21,23). The molecule has 7 heteroatoms. The fraction of sp³-hybridized carbons (Fsp3) is 0.333. The Morgan fingerprint density at radius 1 is 1.28 bits per heavy atom. The van der Waals surface area contributed by atoms with E-state index in [1.54, 1.807) is 35.1 Å². The first-order valence-corrected chi connectivity index (χ1v) is 9.45. The summed E-state index contributed by atoms with van der Waals surface area (Å²) in [6.07, 6.45) is 4.79. The summed E-state index contributed by atoms with van der Waals surface area (Å²) in [5.74, 6) is 0.613. The Balaban J connectivity index is 1.76. The number of benzene rings is 1. The molecule has 1 fully saturated rings. The second kappa shape index (κ2) is 8.73. The molecular formula is C18H22N4O2S. The number of hydrogen-bond acceptors (Lipinski definition) is 5. The Labute approximate surface area is 152 Å². The number of urea groups is 1. The molecule has 0 radical (unpaired) electrons. The van der Waals surface area contributed by atoms with E-state index >= 15 is 0 Å². The molecule has 2 N–H and O–H groups in total. The van der Waals surface area contributed by atoms with Crippen molar-refractivity contribution in [3.8, 4) is 5.75 Å². The molecule has 1 aliphatic heterocycles. The van der Waals surface area contributed by atoms with Crippen LogP contribution in [0.25, 0.3) is 0 Å². The Morgan fingerprint density at radius 3 is 2.68 bits per heavy atom. The number of carbonyl (C=O) groups is 1. The van der Waals surface area contributed by atoms with Crippen LogP contribution in [0.4, 0.5) is 4.79 Å². The van der Waals surface area contributed by atoms with Crippen molar-refractivity contribution in [3.63, 3.8) is 0 Å². The van der Waals surface area contributed by atoms with Gasteiger partial charge in [0.2, 0.25) is 0 Å². The second-order valence-electron chi connectivity index (χ2n) is 5.65. The van der Waals surface area contributed by atoms with Crippen molar-refractivity contribution in [1.29, 1.82) is 0 Å². The van der Waals surface area contributed by atoms with Crippen molar-refractivity contribution in [2.45, 2.75) is 11.1 Å². The van der Waals surface area contributed by atoms with Crippen molar-refractivity contribution >= 4 is 17.8 Å². The van der Waals surface area contributed by atoms with Gasteiger partial charge in [0.15, 0.2) is 6.23 Å². The lowest BCUT2D eigenvalue weighted by Crippen LogP contribution is -2.51. The number of piperazine rings is 1. The van der Waals surface area contributed by atoms with Gasteiger partial charge in [0.05, 0.1) is 6.20 Å². The average Bonchev–Trinajstić information content (AvgIpc) is 2.69. The zero-order chi connectivity index (χ0) is 17.5. The smallest absolute Gasteiger partial charge is 0.320 e. The number of nitrogens with zero attached hydrogens (tertiary/aromatic N) is 2. The lowest BCUT2D eigenvalue weighted by Gasteiger charge is -2.30. The summed E-state index contributed by atoms with van der Waals surface area (Å²) in [5.41, 5.74) is 0.894. The molecule has 1 unspecified atom stereocenters. The van der Waals surface area contributed by atoms with Crippen LogP contribution in [0.3, 0.4) is 0 Å². The molecule has 0 aliphatic carbocycles. The Bertz CT molecular complexity index is 675. The van der Waals surface area contributed by atoms with Gasteiger partial charge in [-0.3, -0.25) is 10.3 Å². The van der Waals surface area contributed by atoms with Crippen molar-refractivity contribution in [2.24, 2.45) is 0 Å². The summed E-state index contributed by atoms with van der Waals surface area (Å²) in [4.78, 5) is 19.6. The highest BCUT2D eigenvalue weighted by Crippen LogP contribution is 2.22. The van der Waals surface area contributed by atoms with Crippen LogP contribution >= 0.6 is 11.8 Å². The van der Waals surface area contributed by atoms with E-state index in [2.05, 4.69) is 15.6 Å². The van der Waals surface area contributed by atoms with Crippen LogP contribution in [0.1, 0.15) is 11.8 Å². The molecule has 2 aromatic rings. The van der Waals surface area contributed by atoms with Gasteiger partial charge in [-0.2, -0.15) is 0 Å². The van der Waals surface area contributed by atoms with Crippen LogP contribution < -0.4 is 15.4 Å². The molecule has 6 nitrogen and oxygen atoms in total. The lowest BCUT2D eigenvalue weighted by molar-refractivity contribution is 0.139. The SMILES string of the molecule is CSc1ccc(C(NC(=O)N2CCNCC2)Oc2cccnc2)cc1. The molecule has 2 heterocycles. The van der Waals surface area contributed by atoms with Gasteiger partial charge in [0, 0.05) is 42.8 Å². The predicted octanol–water partition coefficient (Wildman–Crippen LogP) is 2.50. The van der Waals surface area contributed by atoms with Crippen LogP contribution in [-0.4, -0.2) is 48.3 Å². The summed E-state index contributed by atoms with van der Waals surface area (Å²) in [6, 6.07) is 11.5. The summed E-state index contributed by atoms with van der Waals surface area (Å²) in [5, 5.41) is 6.23. The summed E-state index contributed by atoms with van der Waals surface area (Å²) < 4.78 is 5.99. The molecule has 3 rings (SSSR count). The number of thioether (sulfide) groups is 1. The Hall–Kier alpha value is -2.25. The van der Waals surface area contributed by atoms with E-state index in [0.717, 1.165) is 23.5 Å². The summed E-state index contributed by atoms with van der Waals surface area (Å²) in [6.45, 7) is 3.00. The second-order valence-corrected chi connectivity index (χ2v) is 6.53. The lowest BCUT2D eigenvalue weighted by atomic mass is 10.2. The monoisotopic (exact) mass is 358 g/mol. The number of hydrogen-bond donors (Lipinski definition) is 2. The third kappa shape index (κ3) is 4.87. The maximum atomic E-state index is 12.6. The third-order valence-corrected chi connectivity index (χ3v) is 4.71. The molecule has 0 spiro atoms.